The van der Waals surface area contributed by atoms with Crippen LogP contribution < -0.4 is 10.6 Å². The molecule has 23 heavy (non-hydrogen) atoms. The van der Waals surface area contributed by atoms with E-state index in [0.717, 1.165) is 12.2 Å². The molecule has 0 bridgehead atoms. The van der Waals surface area contributed by atoms with Gasteiger partial charge in [-0.25, -0.2) is 0 Å². The summed E-state index contributed by atoms with van der Waals surface area (Å²) in [4.78, 5) is 14.2. The molecule has 0 unspecified atom stereocenters. The van der Waals surface area contributed by atoms with E-state index in [1.54, 1.807) is 0 Å². The highest BCUT2D eigenvalue weighted by Crippen LogP contribution is 2.15. The maximum Gasteiger partial charge on any atom is 0.226 e. The summed E-state index contributed by atoms with van der Waals surface area (Å²) in [7, 11) is 0. The third kappa shape index (κ3) is 6.67. The maximum atomic E-state index is 11.7. The monoisotopic (exact) mass is 333 g/mol. The molecule has 1 aliphatic rings. The minimum absolute atomic E-state index is 0.0424. The fourth-order valence-electron chi connectivity index (χ4n) is 2.78. The van der Waals surface area contributed by atoms with Crippen LogP contribution in [0.25, 0.3) is 0 Å². The molecule has 1 heterocycles. The predicted octanol–water partition coefficient (Wildman–Crippen LogP) is 3.53. The quantitative estimate of drug-likeness (QED) is 0.809. The second-order valence-corrected chi connectivity index (χ2v) is 7.04. The van der Waals surface area contributed by atoms with E-state index in [0.29, 0.717) is 17.5 Å². The van der Waals surface area contributed by atoms with Crippen LogP contribution in [0.2, 0.25) is 0 Å². The van der Waals surface area contributed by atoms with Crippen molar-refractivity contribution in [3.63, 3.8) is 0 Å². The van der Waals surface area contributed by atoms with Crippen molar-refractivity contribution in [2.24, 2.45) is 5.92 Å². The number of benzene rings is 1. The maximum absolute atomic E-state index is 11.7. The van der Waals surface area contributed by atoms with Gasteiger partial charge in [-0.15, -0.1) is 0 Å². The van der Waals surface area contributed by atoms with Crippen LogP contribution in [-0.2, 0) is 11.3 Å². The van der Waals surface area contributed by atoms with Gasteiger partial charge < -0.3 is 10.6 Å². The summed E-state index contributed by atoms with van der Waals surface area (Å²) in [6.45, 7) is 7.43. The number of hydrogen-bond acceptors (Lipinski definition) is 3. The number of nitrogens with zero attached hydrogens (tertiary/aromatic N) is 1. The average Bonchev–Trinajstić information content (AvgIpc) is 2.49. The van der Waals surface area contributed by atoms with Crippen molar-refractivity contribution >= 4 is 28.9 Å². The number of carbonyl (C=O) groups excluding carboxylic acids is 1. The predicted molar refractivity (Wildman–Crippen MR) is 99.4 cm³/mol. The van der Waals surface area contributed by atoms with E-state index < -0.39 is 0 Å². The van der Waals surface area contributed by atoms with Gasteiger partial charge in [-0.1, -0.05) is 32.4 Å². The molecule has 1 amide bonds. The van der Waals surface area contributed by atoms with Crippen LogP contribution in [0.15, 0.2) is 24.3 Å². The molecule has 0 radical (unpaired) electrons. The molecule has 2 N–H and O–H groups in total. The van der Waals surface area contributed by atoms with Crippen molar-refractivity contribution < 1.29 is 4.79 Å². The van der Waals surface area contributed by atoms with E-state index in [1.165, 1.54) is 37.9 Å². The highest BCUT2D eigenvalue weighted by Gasteiger charge is 2.10. The Kier molecular flexibility index (Phi) is 6.99. The first-order chi connectivity index (χ1) is 11.0. The summed E-state index contributed by atoms with van der Waals surface area (Å²) in [6.07, 6.45) is 4.46. The second kappa shape index (κ2) is 8.99. The molecule has 126 valence electrons. The summed E-state index contributed by atoms with van der Waals surface area (Å²) in [6, 6.07) is 8.27. The van der Waals surface area contributed by atoms with Crippen molar-refractivity contribution in [3.8, 4) is 0 Å². The minimum Gasteiger partial charge on any atom is -0.332 e. The van der Waals surface area contributed by atoms with Crippen LogP contribution in [0.3, 0.4) is 0 Å². The van der Waals surface area contributed by atoms with Crippen molar-refractivity contribution in [1.82, 2.24) is 10.2 Å². The summed E-state index contributed by atoms with van der Waals surface area (Å²) in [5, 5.41) is 6.14. The van der Waals surface area contributed by atoms with Gasteiger partial charge in [0.2, 0.25) is 5.91 Å². The summed E-state index contributed by atoms with van der Waals surface area (Å²) in [5.41, 5.74) is 2.22. The van der Waals surface area contributed by atoms with Crippen LogP contribution in [0.5, 0.6) is 0 Å². The first-order valence-corrected chi connectivity index (χ1v) is 8.86. The fourth-order valence-corrected chi connectivity index (χ4v) is 3.01. The number of carbonyl (C=O) groups is 1. The van der Waals surface area contributed by atoms with Gasteiger partial charge >= 0.3 is 0 Å². The Morgan fingerprint density at radius 2 is 1.83 bits per heavy atom. The van der Waals surface area contributed by atoms with E-state index in [9.17, 15) is 4.79 Å². The number of likely N-dealkylation sites (tertiary alicyclic amines) is 1. The van der Waals surface area contributed by atoms with Gasteiger partial charge in [0.05, 0.1) is 0 Å². The lowest BCUT2D eigenvalue weighted by Gasteiger charge is -2.26. The van der Waals surface area contributed by atoms with Gasteiger partial charge in [0, 0.05) is 18.7 Å². The van der Waals surface area contributed by atoms with E-state index in [1.807, 2.05) is 26.0 Å². The van der Waals surface area contributed by atoms with Gasteiger partial charge in [-0.3, -0.25) is 9.69 Å². The number of piperidine rings is 1. The zero-order valence-electron chi connectivity index (χ0n) is 14.1. The number of thiocarbonyl (C=S) groups is 1. The molecule has 5 heteroatoms. The third-order valence-electron chi connectivity index (χ3n) is 3.91. The van der Waals surface area contributed by atoms with Crippen LogP contribution in [-0.4, -0.2) is 29.0 Å². The Morgan fingerprint density at radius 1 is 1.17 bits per heavy atom. The Labute approximate surface area is 144 Å². The molecular weight excluding hydrogens is 306 g/mol. The molecule has 1 aromatic carbocycles. The Bertz CT molecular complexity index is 522. The smallest absolute Gasteiger partial charge is 0.226 e. The molecule has 1 aromatic rings. The zero-order valence-corrected chi connectivity index (χ0v) is 14.9. The highest BCUT2D eigenvalue weighted by atomic mass is 32.1. The molecule has 0 aromatic heterocycles. The summed E-state index contributed by atoms with van der Waals surface area (Å²) < 4.78 is 0. The topological polar surface area (TPSA) is 44.4 Å². The molecule has 0 atom stereocenters. The SMILES string of the molecule is CC(C)CC(=O)NC(=S)Nc1ccc(CN2CCCCC2)cc1. The van der Waals surface area contributed by atoms with Crippen molar-refractivity contribution in [1.29, 1.82) is 0 Å². The van der Waals surface area contributed by atoms with E-state index in [-0.39, 0.29) is 5.91 Å². The van der Waals surface area contributed by atoms with Crippen LogP contribution in [0.4, 0.5) is 5.69 Å². The van der Waals surface area contributed by atoms with Gasteiger partial charge in [0.1, 0.15) is 0 Å². The molecule has 0 saturated carbocycles. The normalized spacial score (nSPS) is 15.4. The lowest BCUT2D eigenvalue weighted by molar-refractivity contribution is -0.120. The fraction of sp³-hybridized carbons (Fsp3) is 0.556. The molecule has 0 spiro atoms. The molecule has 1 saturated heterocycles. The second-order valence-electron chi connectivity index (χ2n) is 6.63. The Balaban J connectivity index is 1.79. The lowest BCUT2D eigenvalue weighted by Crippen LogP contribution is -2.34. The third-order valence-corrected chi connectivity index (χ3v) is 4.12. The van der Waals surface area contributed by atoms with E-state index in [2.05, 4.69) is 27.7 Å². The Morgan fingerprint density at radius 3 is 2.43 bits per heavy atom. The van der Waals surface area contributed by atoms with Gasteiger partial charge in [0.15, 0.2) is 5.11 Å². The number of rotatable bonds is 5. The number of hydrogen-bond donors (Lipinski definition) is 2. The van der Waals surface area contributed by atoms with Crippen LogP contribution in [0.1, 0.15) is 45.1 Å². The molecule has 4 nitrogen and oxygen atoms in total. The number of nitrogens with one attached hydrogen (secondary N) is 2. The van der Waals surface area contributed by atoms with E-state index in [4.69, 9.17) is 12.2 Å². The van der Waals surface area contributed by atoms with Crippen LogP contribution in [0, 0.1) is 5.92 Å². The minimum atomic E-state index is -0.0424. The zero-order chi connectivity index (χ0) is 16.7. The van der Waals surface area contributed by atoms with Gasteiger partial charge in [-0.2, -0.15) is 0 Å². The lowest BCUT2D eigenvalue weighted by atomic mass is 10.1. The molecule has 2 rings (SSSR count). The standard InChI is InChI=1S/C18H27N3OS/c1-14(2)12-17(22)20-18(23)19-16-8-6-15(7-9-16)13-21-10-4-3-5-11-21/h6-9,14H,3-5,10-13H2,1-2H3,(H2,19,20,22,23). The molecule has 1 aliphatic heterocycles. The van der Waals surface area contributed by atoms with Crippen molar-refractivity contribution in [3.05, 3.63) is 29.8 Å². The Hall–Kier alpha value is -1.46. The number of anilines is 1. The van der Waals surface area contributed by atoms with Crippen LogP contribution >= 0.6 is 12.2 Å². The summed E-state index contributed by atoms with van der Waals surface area (Å²) in [5.74, 6) is 0.283. The molecular formula is C18H27N3OS. The van der Waals surface area contributed by atoms with Gasteiger partial charge in [0.25, 0.3) is 0 Å². The van der Waals surface area contributed by atoms with Crippen molar-refractivity contribution in [2.45, 2.75) is 46.1 Å². The first kappa shape index (κ1) is 17.9. The highest BCUT2D eigenvalue weighted by molar-refractivity contribution is 7.80. The van der Waals surface area contributed by atoms with Gasteiger partial charge in [-0.05, 0) is 61.8 Å². The largest absolute Gasteiger partial charge is 0.332 e. The number of amides is 1. The molecule has 1 fully saturated rings. The molecule has 0 aliphatic carbocycles. The van der Waals surface area contributed by atoms with E-state index >= 15 is 0 Å². The van der Waals surface area contributed by atoms with Crippen molar-refractivity contribution in [2.75, 3.05) is 18.4 Å². The summed E-state index contributed by atoms with van der Waals surface area (Å²) >= 11 is 5.18. The average molecular weight is 334 g/mol. The first-order valence-electron chi connectivity index (χ1n) is 8.45.